The van der Waals surface area contributed by atoms with Crippen molar-refractivity contribution >= 4 is 68.7 Å². The van der Waals surface area contributed by atoms with Crippen molar-refractivity contribution in [2.45, 2.75) is 17.9 Å². The first-order chi connectivity index (χ1) is 15.0. The van der Waals surface area contributed by atoms with Gasteiger partial charge in [-0.3, -0.25) is 14.5 Å². The molecule has 2 aromatic heterocycles. The van der Waals surface area contributed by atoms with E-state index in [0.717, 1.165) is 27.2 Å². The lowest BCUT2D eigenvalue weighted by atomic mass is 10.1. The molecule has 0 saturated heterocycles. The number of aromatic nitrogens is 4. The van der Waals surface area contributed by atoms with Gasteiger partial charge in [0, 0.05) is 27.2 Å². The van der Waals surface area contributed by atoms with Gasteiger partial charge in [-0.2, -0.15) is 5.10 Å². The Hall–Kier alpha value is -2.46. The van der Waals surface area contributed by atoms with Crippen molar-refractivity contribution < 1.29 is 4.79 Å². The summed E-state index contributed by atoms with van der Waals surface area (Å²) in [6, 6.07) is 11.7. The molecule has 0 radical (unpaired) electrons. The van der Waals surface area contributed by atoms with Gasteiger partial charge in [0.25, 0.3) is 0 Å². The van der Waals surface area contributed by atoms with Gasteiger partial charge in [0.2, 0.25) is 5.91 Å². The molecule has 4 aromatic rings. The SMILES string of the molecule is C=CCn1c(Cc2csc(NC(=O)CSc3cccc4cccc(Cl)c34)n2)n[nH]c1=S. The zero-order chi connectivity index (χ0) is 21.8. The van der Waals surface area contributed by atoms with Crippen LogP contribution in [-0.2, 0) is 17.8 Å². The number of H-pyrrole nitrogens is 1. The van der Waals surface area contributed by atoms with E-state index >= 15 is 0 Å². The van der Waals surface area contributed by atoms with Crippen molar-refractivity contribution in [1.82, 2.24) is 19.7 Å². The number of amides is 1. The van der Waals surface area contributed by atoms with Crippen LogP contribution in [0.3, 0.4) is 0 Å². The average Bonchev–Trinajstić information content (AvgIpc) is 3.34. The predicted octanol–water partition coefficient (Wildman–Crippen LogP) is 5.71. The average molecular weight is 488 g/mol. The number of anilines is 1. The van der Waals surface area contributed by atoms with Crippen LogP contribution in [0, 0.1) is 4.77 Å². The Morgan fingerprint density at radius 1 is 1.35 bits per heavy atom. The number of hydrogen-bond acceptors (Lipinski definition) is 6. The van der Waals surface area contributed by atoms with Crippen LogP contribution in [0.15, 0.2) is 59.3 Å². The minimum absolute atomic E-state index is 0.121. The molecular weight excluding hydrogens is 470 g/mol. The molecule has 2 heterocycles. The number of carbonyl (C=O) groups excluding carboxylic acids is 1. The van der Waals surface area contributed by atoms with Crippen molar-refractivity contribution in [3.63, 3.8) is 0 Å². The quantitative estimate of drug-likeness (QED) is 0.189. The normalized spacial score (nSPS) is 11.0. The van der Waals surface area contributed by atoms with Crippen LogP contribution in [0.1, 0.15) is 11.5 Å². The molecule has 0 spiro atoms. The van der Waals surface area contributed by atoms with Gasteiger partial charge < -0.3 is 5.32 Å². The number of nitrogens with one attached hydrogen (secondary N) is 2. The molecule has 1 amide bonds. The fourth-order valence-corrected chi connectivity index (χ4v) is 5.29. The summed E-state index contributed by atoms with van der Waals surface area (Å²) in [6.45, 7) is 4.32. The van der Waals surface area contributed by atoms with Crippen LogP contribution < -0.4 is 5.32 Å². The molecule has 2 N–H and O–H groups in total. The van der Waals surface area contributed by atoms with Crippen molar-refractivity contribution in [3.05, 3.63) is 75.7 Å². The lowest BCUT2D eigenvalue weighted by Gasteiger charge is -2.08. The molecule has 0 saturated carbocycles. The number of nitrogens with zero attached hydrogens (tertiary/aromatic N) is 3. The molecule has 0 aliphatic carbocycles. The van der Waals surface area contributed by atoms with Crippen molar-refractivity contribution in [2.24, 2.45) is 0 Å². The molecule has 2 aromatic carbocycles. The summed E-state index contributed by atoms with van der Waals surface area (Å²) in [4.78, 5) is 18.0. The molecule has 6 nitrogen and oxygen atoms in total. The third-order valence-electron chi connectivity index (χ3n) is 4.46. The maximum absolute atomic E-state index is 12.5. The fourth-order valence-electron chi connectivity index (χ4n) is 3.09. The van der Waals surface area contributed by atoms with E-state index in [1.54, 1.807) is 6.08 Å². The van der Waals surface area contributed by atoms with Gasteiger partial charge in [0.05, 0.1) is 17.9 Å². The first kappa shape index (κ1) is 21.8. The highest BCUT2D eigenvalue weighted by atomic mass is 35.5. The third kappa shape index (κ3) is 5.07. The molecule has 0 aliphatic heterocycles. The number of carbonyl (C=O) groups is 1. The van der Waals surface area contributed by atoms with E-state index in [1.807, 2.05) is 46.3 Å². The van der Waals surface area contributed by atoms with Gasteiger partial charge in [-0.15, -0.1) is 29.7 Å². The summed E-state index contributed by atoms with van der Waals surface area (Å²) in [7, 11) is 0. The van der Waals surface area contributed by atoms with Crippen LogP contribution in [0.4, 0.5) is 5.13 Å². The largest absolute Gasteiger partial charge is 0.301 e. The smallest absolute Gasteiger partial charge is 0.236 e. The van der Waals surface area contributed by atoms with Gasteiger partial charge in [-0.05, 0) is 29.7 Å². The van der Waals surface area contributed by atoms with E-state index in [1.165, 1.54) is 23.1 Å². The highest BCUT2D eigenvalue weighted by molar-refractivity contribution is 8.00. The number of allylic oxidation sites excluding steroid dienone is 1. The lowest BCUT2D eigenvalue weighted by Crippen LogP contribution is -2.14. The Morgan fingerprint density at radius 2 is 2.16 bits per heavy atom. The Morgan fingerprint density at radius 3 is 2.97 bits per heavy atom. The van der Waals surface area contributed by atoms with Crippen LogP contribution in [0.5, 0.6) is 0 Å². The Balaban J connectivity index is 1.39. The van der Waals surface area contributed by atoms with Crippen molar-refractivity contribution in [2.75, 3.05) is 11.1 Å². The van der Waals surface area contributed by atoms with Gasteiger partial charge in [-0.25, -0.2) is 4.98 Å². The number of benzene rings is 2. The summed E-state index contributed by atoms with van der Waals surface area (Å²) >= 11 is 14.4. The van der Waals surface area contributed by atoms with Gasteiger partial charge in [0.1, 0.15) is 5.82 Å². The van der Waals surface area contributed by atoms with E-state index in [4.69, 9.17) is 23.8 Å². The van der Waals surface area contributed by atoms with Crippen molar-refractivity contribution in [1.29, 1.82) is 0 Å². The molecule has 0 bridgehead atoms. The molecule has 0 atom stereocenters. The molecule has 10 heteroatoms. The highest BCUT2D eigenvalue weighted by Gasteiger charge is 2.12. The molecule has 0 fully saturated rings. The summed E-state index contributed by atoms with van der Waals surface area (Å²) in [5.41, 5.74) is 0.813. The summed E-state index contributed by atoms with van der Waals surface area (Å²) in [5, 5.41) is 15.1. The van der Waals surface area contributed by atoms with E-state index in [9.17, 15) is 4.79 Å². The number of rotatable bonds is 8. The number of hydrogen-bond donors (Lipinski definition) is 2. The second-order valence-corrected chi connectivity index (χ2v) is 9.27. The van der Waals surface area contributed by atoms with Crippen LogP contribution >= 0.6 is 46.9 Å². The first-order valence-electron chi connectivity index (χ1n) is 9.34. The first-order valence-corrected chi connectivity index (χ1v) is 12.0. The standard InChI is InChI=1S/C21H18ClN5OS3/c1-2-9-27-17(25-26-21(27)29)10-14-11-31-20(23-14)24-18(28)12-30-16-8-4-6-13-5-3-7-15(22)19(13)16/h2-8,11H,1,9-10,12H2,(H,26,29)(H,23,24,28). The van der Waals surface area contributed by atoms with Crippen LogP contribution in [0.25, 0.3) is 10.8 Å². The topological polar surface area (TPSA) is 75.6 Å². The summed E-state index contributed by atoms with van der Waals surface area (Å²) in [6.07, 6.45) is 2.28. The van der Waals surface area contributed by atoms with E-state index in [2.05, 4.69) is 27.1 Å². The van der Waals surface area contributed by atoms with E-state index in [-0.39, 0.29) is 11.7 Å². The Bertz CT molecular complexity index is 1300. The molecule has 4 rings (SSSR count). The fraction of sp³-hybridized carbons (Fsp3) is 0.143. The van der Waals surface area contributed by atoms with Crippen LogP contribution in [0.2, 0.25) is 5.02 Å². The Kier molecular flexibility index (Phi) is 6.86. The molecule has 0 unspecified atom stereocenters. The maximum atomic E-state index is 12.5. The number of halogens is 1. The lowest BCUT2D eigenvalue weighted by molar-refractivity contribution is -0.113. The summed E-state index contributed by atoms with van der Waals surface area (Å²) < 4.78 is 2.41. The monoisotopic (exact) mass is 487 g/mol. The van der Waals surface area contributed by atoms with Crippen molar-refractivity contribution in [3.8, 4) is 0 Å². The van der Waals surface area contributed by atoms with Gasteiger partial charge in [0.15, 0.2) is 9.90 Å². The van der Waals surface area contributed by atoms with E-state index < -0.39 is 0 Å². The minimum Gasteiger partial charge on any atom is -0.301 e. The van der Waals surface area contributed by atoms with Gasteiger partial charge >= 0.3 is 0 Å². The second-order valence-electron chi connectivity index (χ2n) is 6.60. The minimum atomic E-state index is -0.121. The third-order valence-corrected chi connectivity index (χ3v) is 6.95. The predicted molar refractivity (Wildman–Crippen MR) is 131 cm³/mol. The Labute approximate surface area is 197 Å². The zero-order valence-electron chi connectivity index (χ0n) is 16.3. The molecule has 158 valence electrons. The maximum Gasteiger partial charge on any atom is 0.236 e. The molecule has 0 aliphatic rings. The number of fused-ring (bicyclic) bond motifs is 1. The highest BCUT2D eigenvalue weighted by Crippen LogP contribution is 2.33. The van der Waals surface area contributed by atoms with Crippen LogP contribution in [-0.4, -0.2) is 31.4 Å². The number of aromatic amines is 1. The number of thiazole rings is 1. The zero-order valence-corrected chi connectivity index (χ0v) is 19.5. The van der Waals surface area contributed by atoms with Gasteiger partial charge in [-0.1, -0.05) is 41.9 Å². The summed E-state index contributed by atoms with van der Waals surface area (Å²) in [5.74, 6) is 0.915. The molecular formula is C21H18ClN5OS3. The number of thioether (sulfide) groups is 1. The second kappa shape index (κ2) is 9.78. The van der Waals surface area contributed by atoms with E-state index in [0.29, 0.717) is 27.9 Å². The molecule has 31 heavy (non-hydrogen) atoms.